The van der Waals surface area contributed by atoms with Crippen molar-refractivity contribution >= 4 is 0 Å². The lowest BCUT2D eigenvalue weighted by Gasteiger charge is -2.11. The number of hydrogen-bond donors (Lipinski definition) is 0. The maximum absolute atomic E-state index is 12.5. The first-order chi connectivity index (χ1) is 9.59. The van der Waals surface area contributed by atoms with Crippen LogP contribution in [0.15, 0.2) is 30.5 Å². The SMILES string of the molecule is Cc1nc(C(F)(F)F)ccc1-c1ccc(C(F)(F)F)cn1. The van der Waals surface area contributed by atoms with Gasteiger partial charge in [-0.1, -0.05) is 0 Å². The van der Waals surface area contributed by atoms with E-state index in [1.807, 2.05) is 0 Å². The third-order valence-electron chi connectivity index (χ3n) is 2.74. The van der Waals surface area contributed by atoms with Crippen LogP contribution in [0.25, 0.3) is 11.3 Å². The highest BCUT2D eigenvalue weighted by atomic mass is 19.4. The molecule has 112 valence electrons. The Labute approximate surface area is 115 Å². The smallest absolute Gasteiger partial charge is 0.256 e. The van der Waals surface area contributed by atoms with Crippen LogP contribution in [0.5, 0.6) is 0 Å². The lowest BCUT2D eigenvalue weighted by molar-refractivity contribution is -0.141. The van der Waals surface area contributed by atoms with Crippen LogP contribution in [0.1, 0.15) is 17.0 Å². The van der Waals surface area contributed by atoms with Gasteiger partial charge in [0, 0.05) is 17.5 Å². The molecule has 0 aliphatic rings. The van der Waals surface area contributed by atoms with Gasteiger partial charge in [-0.05, 0) is 31.2 Å². The molecule has 0 aliphatic carbocycles. The predicted molar refractivity (Wildman–Crippen MR) is 62.2 cm³/mol. The first kappa shape index (κ1) is 15.3. The molecule has 2 rings (SSSR count). The molecule has 0 bridgehead atoms. The van der Waals surface area contributed by atoms with Crippen LogP contribution in [-0.2, 0) is 12.4 Å². The highest BCUT2D eigenvalue weighted by molar-refractivity contribution is 5.61. The minimum Gasteiger partial charge on any atom is -0.256 e. The topological polar surface area (TPSA) is 25.8 Å². The van der Waals surface area contributed by atoms with Gasteiger partial charge in [0.05, 0.1) is 11.3 Å². The van der Waals surface area contributed by atoms with E-state index in [4.69, 9.17) is 0 Å². The van der Waals surface area contributed by atoms with Gasteiger partial charge in [-0.2, -0.15) is 26.3 Å². The van der Waals surface area contributed by atoms with Crippen molar-refractivity contribution in [3.05, 3.63) is 47.4 Å². The van der Waals surface area contributed by atoms with E-state index in [-0.39, 0.29) is 17.0 Å². The van der Waals surface area contributed by atoms with Gasteiger partial charge in [0.1, 0.15) is 5.69 Å². The van der Waals surface area contributed by atoms with Crippen molar-refractivity contribution in [3.63, 3.8) is 0 Å². The summed E-state index contributed by atoms with van der Waals surface area (Å²) in [6, 6.07) is 3.82. The zero-order valence-corrected chi connectivity index (χ0v) is 10.5. The van der Waals surface area contributed by atoms with Gasteiger partial charge in [-0.25, -0.2) is 4.98 Å². The number of aryl methyl sites for hydroxylation is 1. The standard InChI is InChI=1S/C13H8F6N2/c1-7-9(3-5-11(21-7)13(17,18)19)10-4-2-8(6-20-10)12(14,15)16/h2-6H,1H3. The van der Waals surface area contributed by atoms with Crippen LogP contribution in [0.3, 0.4) is 0 Å². The van der Waals surface area contributed by atoms with E-state index in [0.717, 1.165) is 24.3 Å². The summed E-state index contributed by atoms with van der Waals surface area (Å²) >= 11 is 0. The van der Waals surface area contributed by atoms with Gasteiger partial charge in [-0.3, -0.25) is 4.98 Å². The quantitative estimate of drug-likeness (QED) is 0.725. The average Bonchev–Trinajstić information content (AvgIpc) is 2.36. The molecular weight excluding hydrogens is 298 g/mol. The van der Waals surface area contributed by atoms with Crippen molar-refractivity contribution in [1.82, 2.24) is 9.97 Å². The second-order valence-electron chi connectivity index (χ2n) is 4.26. The van der Waals surface area contributed by atoms with Gasteiger partial charge in [0.15, 0.2) is 0 Å². The molecule has 0 saturated heterocycles. The molecule has 0 spiro atoms. The molecule has 0 N–H and O–H groups in total. The maximum atomic E-state index is 12.5. The van der Waals surface area contributed by atoms with Crippen molar-refractivity contribution in [3.8, 4) is 11.3 Å². The molecule has 0 aromatic carbocycles. The number of aromatic nitrogens is 2. The van der Waals surface area contributed by atoms with Gasteiger partial charge in [0.25, 0.3) is 0 Å². The van der Waals surface area contributed by atoms with E-state index in [1.54, 1.807) is 0 Å². The number of nitrogens with zero attached hydrogens (tertiary/aromatic N) is 2. The molecule has 0 atom stereocenters. The minimum absolute atomic E-state index is 0.0390. The Morgan fingerprint density at radius 2 is 1.52 bits per heavy atom. The van der Waals surface area contributed by atoms with Crippen LogP contribution in [0.2, 0.25) is 0 Å². The van der Waals surface area contributed by atoms with E-state index < -0.39 is 23.6 Å². The molecule has 0 fully saturated rings. The maximum Gasteiger partial charge on any atom is 0.433 e. The summed E-state index contributed by atoms with van der Waals surface area (Å²) in [6.45, 7) is 1.34. The molecule has 8 heteroatoms. The first-order valence-corrected chi connectivity index (χ1v) is 5.67. The highest BCUT2D eigenvalue weighted by Crippen LogP contribution is 2.32. The van der Waals surface area contributed by atoms with E-state index in [0.29, 0.717) is 6.20 Å². The van der Waals surface area contributed by atoms with E-state index in [9.17, 15) is 26.3 Å². The second-order valence-corrected chi connectivity index (χ2v) is 4.26. The Kier molecular flexibility index (Phi) is 3.65. The van der Waals surface area contributed by atoms with Crippen LogP contribution >= 0.6 is 0 Å². The Morgan fingerprint density at radius 3 is 1.95 bits per heavy atom. The highest BCUT2D eigenvalue weighted by Gasteiger charge is 2.33. The van der Waals surface area contributed by atoms with E-state index in [1.165, 1.54) is 6.92 Å². The zero-order valence-electron chi connectivity index (χ0n) is 10.5. The van der Waals surface area contributed by atoms with Crippen molar-refractivity contribution in [2.45, 2.75) is 19.3 Å². The molecule has 2 nitrogen and oxygen atoms in total. The fourth-order valence-electron chi connectivity index (χ4n) is 1.71. The number of halogens is 6. The van der Waals surface area contributed by atoms with Crippen molar-refractivity contribution < 1.29 is 26.3 Å². The third kappa shape index (κ3) is 3.32. The Balaban J connectivity index is 2.39. The summed E-state index contributed by atoms with van der Waals surface area (Å²) in [4.78, 5) is 7.03. The van der Waals surface area contributed by atoms with Crippen molar-refractivity contribution in [1.29, 1.82) is 0 Å². The number of pyridine rings is 2. The predicted octanol–water partition coefficient (Wildman–Crippen LogP) is 4.49. The summed E-state index contributed by atoms with van der Waals surface area (Å²) in [5, 5.41) is 0. The summed E-state index contributed by atoms with van der Waals surface area (Å²) in [5.41, 5.74) is -1.57. The molecule has 2 aromatic heterocycles. The summed E-state index contributed by atoms with van der Waals surface area (Å²) in [6.07, 6.45) is -8.46. The largest absolute Gasteiger partial charge is 0.433 e. The van der Waals surface area contributed by atoms with Crippen LogP contribution in [0.4, 0.5) is 26.3 Å². The van der Waals surface area contributed by atoms with Gasteiger partial charge < -0.3 is 0 Å². The number of alkyl halides is 6. The van der Waals surface area contributed by atoms with Crippen LogP contribution in [0, 0.1) is 6.92 Å². The molecule has 0 saturated carbocycles. The monoisotopic (exact) mass is 306 g/mol. The normalized spacial score (nSPS) is 12.5. The first-order valence-electron chi connectivity index (χ1n) is 5.67. The van der Waals surface area contributed by atoms with Crippen molar-refractivity contribution in [2.24, 2.45) is 0 Å². The fourth-order valence-corrected chi connectivity index (χ4v) is 1.71. The Morgan fingerprint density at radius 1 is 0.857 bits per heavy atom. The summed E-state index contributed by atoms with van der Waals surface area (Å²) in [5.74, 6) is 0. The molecule has 0 aliphatic heterocycles. The minimum atomic E-state index is -4.57. The number of rotatable bonds is 1. The van der Waals surface area contributed by atoms with Crippen molar-refractivity contribution in [2.75, 3.05) is 0 Å². The molecular formula is C13H8F6N2. The molecule has 21 heavy (non-hydrogen) atoms. The fraction of sp³-hybridized carbons (Fsp3) is 0.231. The average molecular weight is 306 g/mol. The van der Waals surface area contributed by atoms with Crippen LogP contribution < -0.4 is 0 Å². The summed E-state index contributed by atoms with van der Waals surface area (Å²) in [7, 11) is 0. The number of hydrogen-bond acceptors (Lipinski definition) is 2. The molecule has 0 unspecified atom stereocenters. The van der Waals surface area contributed by atoms with E-state index >= 15 is 0 Å². The van der Waals surface area contributed by atoms with Gasteiger partial charge in [-0.15, -0.1) is 0 Å². The van der Waals surface area contributed by atoms with Crippen LogP contribution in [-0.4, -0.2) is 9.97 Å². The Bertz CT molecular complexity index is 643. The Hall–Kier alpha value is -2.12. The second kappa shape index (κ2) is 5.01. The molecule has 0 amide bonds. The lowest BCUT2D eigenvalue weighted by atomic mass is 10.1. The molecule has 2 aromatic rings. The van der Waals surface area contributed by atoms with Gasteiger partial charge >= 0.3 is 12.4 Å². The van der Waals surface area contributed by atoms with E-state index in [2.05, 4.69) is 9.97 Å². The zero-order chi connectivity index (χ0) is 15.8. The summed E-state index contributed by atoms with van der Waals surface area (Å²) < 4.78 is 74.7. The lowest BCUT2D eigenvalue weighted by Crippen LogP contribution is -2.09. The molecule has 2 heterocycles. The third-order valence-corrected chi connectivity index (χ3v) is 2.74. The van der Waals surface area contributed by atoms with Gasteiger partial charge in [0.2, 0.25) is 0 Å². The molecule has 0 radical (unpaired) electrons.